The minimum atomic E-state index is -0.980. The highest BCUT2D eigenvalue weighted by atomic mass is 16.6. The number of benzene rings is 1. The summed E-state index contributed by atoms with van der Waals surface area (Å²) in [6.07, 6.45) is -3.49. The lowest BCUT2D eigenvalue weighted by atomic mass is 9.99. The number of aryl methyl sites for hydroxylation is 1. The highest BCUT2D eigenvalue weighted by Crippen LogP contribution is 2.25. The summed E-state index contributed by atoms with van der Waals surface area (Å²) in [5.74, 6) is -1.71. The molecule has 0 spiro atoms. The molecule has 0 radical (unpaired) electrons. The van der Waals surface area contributed by atoms with Crippen LogP contribution < -0.4 is 0 Å². The van der Waals surface area contributed by atoms with Gasteiger partial charge in [-0.05, 0) is 12.5 Å². The van der Waals surface area contributed by atoms with E-state index in [4.69, 9.17) is 23.7 Å². The first kappa shape index (κ1) is 21.8. The second-order valence-corrected chi connectivity index (χ2v) is 6.67. The van der Waals surface area contributed by atoms with Crippen LogP contribution in [0.3, 0.4) is 0 Å². The predicted octanol–water partition coefficient (Wildman–Crippen LogP) is 1.71. The molecule has 8 heteroatoms. The van der Waals surface area contributed by atoms with Gasteiger partial charge in [0.25, 0.3) is 0 Å². The zero-order chi connectivity index (χ0) is 20.7. The number of ether oxygens (including phenoxy) is 5. The summed E-state index contributed by atoms with van der Waals surface area (Å²) in [4.78, 5) is 34.5. The summed E-state index contributed by atoms with van der Waals surface area (Å²) in [5, 5.41) is 0. The van der Waals surface area contributed by atoms with Crippen LogP contribution in [0.15, 0.2) is 24.3 Å². The van der Waals surface area contributed by atoms with Crippen LogP contribution in [0.1, 0.15) is 31.9 Å². The smallest absolute Gasteiger partial charge is 0.303 e. The largest absolute Gasteiger partial charge is 0.456 e. The molecular formula is C20H26O8. The Morgan fingerprint density at radius 3 is 2.07 bits per heavy atom. The molecule has 0 N–H and O–H groups in total. The van der Waals surface area contributed by atoms with E-state index in [1.54, 1.807) is 0 Å². The molecule has 0 unspecified atom stereocenters. The first-order valence-electron chi connectivity index (χ1n) is 9.02. The molecule has 1 aromatic carbocycles. The lowest BCUT2D eigenvalue weighted by Gasteiger charge is -2.40. The molecule has 8 nitrogen and oxygen atoms in total. The van der Waals surface area contributed by atoms with Crippen LogP contribution in [-0.2, 0) is 44.7 Å². The number of carbonyl (C=O) groups excluding carboxylic acids is 3. The van der Waals surface area contributed by atoms with Crippen molar-refractivity contribution in [2.75, 3.05) is 13.2 Å². The van der Waals surface area contributed by atoms with Gasteiger partial charge >= 0.3 is 17.9 Å². The molecule has 1 heterocycles. The fourth-order valence-electron chi connectivity index (χ4n) is 2.93. The van der Waals surface area contributed by atoms with E-state index in [-0.39, 0.29) is 13.2 Å². The van der Waals surface area contributed by atoms with Crippen LogP contribution in [-0.4, -0.2) is 55.5 Å². The lowest BCUT2D eigenvalue weighted by molar-refractivity contribution is -0.232. The van der Waals surface area contributed by atoms with Crippen LogP contribution in [0.5, 0.6) is 0 Å². The van der Waals surface area contributed by atoms with Crippen LogP contribution in [0, 0.1) is 6.92 Å². The Morgan fingerprint density at radius 1 is 0.929 bits per heavy atom. The van der Waals surface area contributed by atoms with Crippen LogP contribution >= 0.6 is 0 Å². The summed E-state index contributed by atoms with van der Waals surface area (Å²) in [7, 11) is 0. The fourth-order valence-corrected chi connectivity index (χ4v) is 2.93. The third-order valence-electron chi connectivity index (χ3n) is 4.12. The normalized spacial score (nSPS) is 24.3. The van der Waals surface area contributed by atoms with Gasteiger partial charge in [0.2, 0.25) is 0 Å². The zero-order valence-corrected chi connectivity index (χ0v) is 16.5. The molecule has 1 saturated heterocycles. The van der Waals surface area contributed by atoms with Crippen molar-refractivity contribution in [3.05, 3.63) is 35.4 Å². The standard InChI is InChI=1S/C20H26O8/c1-12-5-7-16(8-6-12)9-24-10-17-19(27-14(3)22)20(28-15(4)23)18(11-25-17)26-13(2)21/h5-8,17-20H,9-11H2,1-4H3/t17-,18-,19-,20-/m0/s1. The molecular weight excluding hydrogens is 368 g/mol. The summed E-state index contributed by atoms with van der Waals surface area (Å²) >= 11 is 0. The summed E-state index contributed by atoms with van der Waals surface area (Å²) < 4.78 is 27.2. The van der Waals surface area contributed by atoms with Gasteiger partial charge in [-0.3, -0.25) is 14.4 Å². The van der Waals surface area contributed by atoms with E-state index in [9.17, 15) is 14.4 Å². The van der Waals surface area contributed by atoms with Gasteiger partial charge in [0.05, 0.1) is 19.8 Å². The van der Waals surface area contributed by atoms with E-state index in [2.05, 4.69) is 0 Å². The Kier molecular flexibility index (Phi) is 7.95. The number of hydrogen-bond acceptors (Lipinski definition) is 8. The number of rotatable bonds is 7. The average molecular weight is 394 g/mol. The van der Waals surface area contributed by atoms with Crippen molar-refractivity contribution < 1.29 is 38.1 Å². The molecule has 154 valence electrons. The van der Waals surface area contributed by atoms with Gasteiger partial charge in [0, 0.05) is 20.8 Å². The van der Waals surface area contributed by atoms with E-state index in [1.165, 1.54) is 20.8 Å². The zero-order valence-electron chi connectivity index (χ0n) is 16.5. The van der Waals surface area contributed by atoms with Gasteiger partial charge < -0.3 is 23.7 Å². The molecule has 2 rings (SSSR count). The Morgan fingerprint density at radius 2 is 1.50 bits per heavy atom. The minimum Gasteiger partial charge on any atom is -0.456 e. The molecule has 0 aliphatic carbocycles. The van der Waals surface area contributed by atoms with Gasteiger partial charge in [0.1, 0.15) is 6.10 Å². The van der Waals surface area contributed by atoms with Gasteiger partial charge in [-0.1, -0.05) is 29.8 Å². The first-order chi connectivity index (χ1) is 13.3. The van der Waals surface area contributed by atoms with Gasteiger partial charge in [-0.2, -0.15) is 0 Å². The monoisotopic (exact) mass is 394 g/mol. The SMILES string of the molecule is CC(=O)O[C@@H]1[C@@H](OC(C)=O)[C@@H](OC(C)=O)CO[C@H]1COCc1ccc(C)cc1. The van der Waals surface area contributed by atoms with Crippen LogP contribution in [0.25, 0.3) is 0 Å². The first-order valence-corrected chi connectivity index (χ1v) is 9.02. The Hall–Kier alpha value is -2.45. The molecule has 4 atom stereocenters. The number of esters is 3. The minimum absolute atomic E-state index is 0.00610. The van der Waals surface area contributed by atoms with E-state index in [0.29, 0.717) is 6.61 Å². The van der Waals surface area contributed by atoms with Crippen molar-refractivity contribution in [2.24, 2.45) is 0 Å². The van der Waals surface area contributed by atoms with E-state index in [0.717, 1.165) is 11.1 Å². The Balaban J connectivity index is 2.07. The van der Waals surface area contributed by atoms with Crippen LogP contribution in [0.2, 0.25) is 0 Å². The second kappa shape index (κ2) is 10.2. The second-order valence-electron chi connectivity index (χ2n) is 6.67. The van der Waals surface area contributed by atoms with Gasteiger partial charge in [0.15, 0.2) is 18.3 Å². The molecule has 0 bridgehead atoms. The van der Waals surface area contributed by atoms with Crippen molar-refractivity contribution in [3.8, 4) is 0 Å². The van der Waals surface area contributed by atoms with Crippen molar-refractivity contribution in [1.29, 1.82) is 0 Å². The Bertz CT molecular complexity index is 684. The van der Waals surface area contributed by atoms with E-state index in [1.807, 2.05) is 31.2 Å². The fraction of sp³-hybridized carbons (Fsp3) is 0.550. The van der Waals surface area contributed by atoms with E-state index >= 15 is 0 Å². The Labute approximate surface area is 164 Å². The van der Waals surface area contributed by atoms with E-state index < -0.39 is 42.3 Å². The number of hydrogen-bond donors (Lipinski definition) is 0. The van der Waals surface area contributed by atoms with Crippen molar-refractivity contribution in [2.45, 2.75) is 58.7 Å². The van der Waals surface area contributed by atoms with Gasteiger partial charge in [-0.25, -0.2) is 0 Å². The van der Waals surface area contributed by atoms with Crippen molar-refractivity contribution >= 4 is 17.9 Å². The maximum Gasteiger partial charge on any atom is 0.303 e. The molecule has 1 aromatic rings. The average Bonchev–Trinajstić information content (AvgIpc) is 2.60. The highest BCUT2D eigenvalue weighted by Gasteiger charge is 2.46. The lowest BCUT2D eigenvalue weighted by Crippen LogP contribution is -2.58. The molecule has 0 amide bonds. The predicted molar refractivity (Wildman–Crippen MR) is 97.2 cm³/mol. The molecule has 1 fully saturated rings. The molecule has 1 aliphatic rings. The molecule has 28 heavy (non-hydrogen) atoms. The highest BCUT2D eigenvalue weighted by molar-refractivity contribution is 5.68. The quantitative estimate of drug-likeness (QED) is 0.509. The van der Waals surface area contributed by atoms with Crippen molar-refractivity contribution in [3.63, 3.8) is 0 Å². The maximum atomic E-state index is 11.6. The molecule has 0 aromatic heterocycles. The molecule has 0 saturated carbocycles. The third-order valence-corrected chi connectivity index (χ3v) is 4.12. The maximum absolute atomic E-state index is 11.6. The van der Waals surface area contributed by atoms with Crippen LogP contribution in [0.4, 0.5) is 0 Å². The summed E-state index contributed by atoms with van der Waals surface area (Å²) in [5.41, 5.74) is 2.13. The van der Waals surface area contributed by atoms with Gasteiger partial charge in [-0.15, -0.1) is 0 Å². The topological polar surface area (TPSA) is 97.4 Å². The van der Waals surface area contributed by atoms with Crippen molar-refractivity contribution in [1.82, 2.24) is 0 Å². The molecule has 1 aliphatic heterocycles. The third kappa shape index (κ3) is 6.61. The summed E-state index contributed by atoms with van der Waals surface area (Å²) in [6.45, 7) is 6.16. The number of carbonyl (C=O) groups is 3. The summed E-state index contributed by atoms with van der Waals surface area (Å²) in [6, 6.07) is 7.88.